The molecule has 0 atom stereocenters. The Hall–Kier alpha value is -2.69. The number of alkyl halides is 2. The van der Waals surface area contributed by atoms with Crippen LogP contribution in [-0.4, -0.2) is 11.6 Å². The third kappa shape index (κ3) is 3.79. The number of ether oxygens (including phenoxy) is 1. The van der Waals surface area contributed by atoms with Gasteiger partial charge < -0.3 is 9.15 Å². The third-order valence-corrected chi connectivity index (χ3v) is 3.48. The zero-order valence-electron chi connectivity index (χ0n) is 13.2. The normalized spacial score (nSPS) is 12.1. The smallest absolute Gasteiger partial charge is 0.340 e. The highest BCUT2D eigenvalue weighted by Gasteiger charge is 2.34. The molecule has 0 radical (unpaired) electrons. The summed E-state index contributed by atoms with van der Waals surface area (Å²) in [5, 5.41) is 0. The molecule has 1 aromatic heterocycles. The SMILES string of the molecule is Cc1ccc(OCCC=CC(F)(F)c2nc3ccccc3o2)cc1. The summed E-state index contributed by atoms with van der Waals surface area (Å²) in [5.74, 6) is -3.12. The number of rotatable bonds is 6. The maximum absolute atomic E-state index is 14.1. The van der Waals surface area contributed by atoms with Crippen molar-refractivity contribution in [3.63, 3.8) is 0 Å². The molecule has 0 spiro atoms. The molecular formula is C19H17F2NO2. The Morgan fingerprint density at radius 1 is 1.12 bits per heavy atom. The number of nitrogens with zero attached hydrogens (tertiary/aromatic N) is 1. The van der Waals surface area contributed by atoms with Crippen molar-refractivity contribution in [2.75, 3.05) is 6.61 Å². The van der Waals surface area contributed by atoms with Crippen LogP contribution in [0.25, 0.3) is 11.1 Å². The van der Waals surface area contributed by atoms with Gasteiger partial charge in [-0.05, 0) is 43.7 Å². The van der Waals surface area contributed by atoms with Crippen molar-refractivity contribution in [1.29, 1.82) is 0 Å². The summed E-state index contributed by atoms with van der Waals surface area (Å²) in [6.45, 7) is 2.31. The van der Waals surface area contributed by atoms with Crippen molar-refractivity contribution >= 4 is 11.1 Å². The number of aryl methyl sites for hydroxylation is 1. The maximum Gasteiger partial charge on any atom is 0.340 e. The molecule has 0 bridgehead atoms. The van der Waals surface area contributed by atoms with Gasteiger partial charge >= 0.3 is 5.92 Å². The second kappa shape index (κ2) is 6.83. The predicted octanol–water partition coefficient (Wildman–Crippen LogP) is 5.25. The second-order valence-corrected chi connectivity index (χ2v) is 5.46. The number of allylic oxidation sites excluding steroid dienone is 1. The Balaban J connectivity index is 1.57. The van der Waals surface area contributed by atoms with Crippen LogP contribution in [0.5, 0.6) is 5.75 Å². The lowest BCUT2D eigenvalue weighted by Gasteiger charge is -2.07. The Morgan fingerprint density at radius 2 is 1.88 bits per heavy atom. The minimum atomic E-state index is -3.25. The standard InChI is InChI=1S/C19H17F2NO2/c1-14-8-10-15(11-9-14)23-13-5-4-12-19(20,21)18-22-16-6-2-3-7-17(16)24-18/h2-4,6-12H,5,13H2,1H3. The van der Waals surface area contributed by atoms with E-state index >= 15 is 0 Å². The topological polar surface area (TPSA) is 35.3 Å². The molecule has 124 valence electrons. The van der Waals surface area contributed by atoms with Gasteiger partial charge in [0.25, 0.3) is 5.89 Å². The average molecular weight is 329 g/mol. The number of para-hydroxylation sites is 2. The molecule has 0 fully saturated rings. The van der Waals surface area contributed by atoms with Crippen molar-refractivity contribution in [1.82, 2.24) is 4.98 Å². The van der Waals surface area contributed by atoms with E-state index in [9.17, 15) is 8.78 Å². The minimum absolute atomic E-state index is 0.323. The molecule has 0 aliphatic carbocycles. The molecule has 2 aromatic carbocycles. The molecule has 0 saturated heterocycles. The molecule has 0 saturated carbocycles. The first-order valence-electron chi connectivity index (χ1n) is 7.66. The van der Waals surface area contributed by atoms with Gasteiger partial charge in [-0.3, -0.25) is 0 Å². The molecule has 0 unspecified atom stereocenters. The summed E-state index contributed by atoms with van der Waals surface area (Å²) in [5.41, 5.74) is 1.91. The molecule has 1 heterocycles. The number of hydrogen-bond donors (Lipinski definition) is 0. The highest BCUT2D eigenvalue weighted by molar-refractivity contribution is 5.72. The van der Waals surface area contributed by atoms with E-state index in [-0.39, 0.29) is 0 Å². The first-order chi connectivity index (χ1) is 11.5. The Bertz CT molecular complexity index is 805. The number of oxazole rings is 1. The number of fused-ring (bicyclic) bond motifs is 1. The second-order valence-electron chi connectivity index (χ2n) is 5.46. The van der Waals surface area contributed by atoms with Gasteiger partial charge in [-0.15, -0.1) is 0 Å². The van der Waals surface area contributed by atoms with E-state index in [1.807, 2.05) is 31.2 Å². The minimum Gasteiger partial charge on any atom is -0.493 e. The highest BCUT2D eigenvalue weighted by Crippen LogP contribution is 2.31. The molecule has 0 aliphatic heterocycles. The third-order valence-electron chi connectivity index (χ3n) is 3.48. The van der Waals surface area contributed by atoms with Gasteiger partial charge in [-0.2, -0.15) is 8.78 Å². The van der Waals surface area contributed by atoms with Crippen molar-refractivity contribution in [3.05, 3.63) is 72.1 Å². The fraction of sp³-hybridized carbons (Fsp3) is 0.211. The van der Waals surface area contributed by atoms with Crippen molar-refractivity contribution < 1.29 is 17.9 Å². The summed E-state index contributed by atoms with van der Waals surface area (Å²) in [6.07, 6.45) is 2.54. The van der Waals surface area contributed by atoms with Crippen LogP contribution < -0.4 is 4.74 Å². The average Bonchev–Trinajstić information content (AvgIpc) is 3.01. The lowest BCUT2D eigenvalue weighted by molar-refractivity contribution is 0.0231. The molecule has 24 heavy (non-hydrogen) atoms. The van der Waals surface area contributed by atoms with Crippen LogP contribution in [0.2, 0.25) is 0 Å². The predicted molar refractivity (Wildman–Crippen MR) is 88.3 cm³/mol. The quantitative estimate of drug-likeness (QED) is 0.457. The number of benzene rings is 2. The first-order valence-corrected chi connectivity index (χ1v) is 7.66. The molecule has 5 heteroatoms. The van der Waals surface area contributed by atoms with Gasteiger partial charge in [0.05, 0.1) is 6.61 Å². The van der Waals surface area contributed by atoms with E-state index in [0.717, 1.165) is 17.4 Å². The van der Waals surface area contributed by atoms with Gasteiger partial charge in [-0.1, -0.05) is 35.9 Å². The zero-order chi connectivity index (χ0) is 17.0. The summed E-state index contributed by atoms with van der Waals surface area (Å²) in [4.78, 5) is 3.84. The number of hydrogen-bond acceptors (Lipinski definition) is 3. The molecule has 3 nitrogen and oxygen atoms in total. The van der Waals surface area contributed by atoms with Crippen LogP contribution in [-0.2, 0) is 5.92 Å². The fourth-order valence-corrected chi connectivity index (χ4v) is 2.20. The highest BCUT2D eigenvalue weighted by atomic mass is 19.3. The van der Waals surface area contributed by atoms with Crippen LogP contribution in [0.3, 0.4) is 0 Å². The maximum atomic E-state index is 14.1. The van der Waals surface area contributed by atoms with Crippen molar-refractivity contribution in [2.45, 2.75) is 19.3 Å². The monoisotopic (exact) mass is 329 g/mol. The van der Waals surface area contributed by atoms with E-state index in [4.69, 9.17) is 9.15 Å². The molecule has 3 aromatic rings. The first kappa shape index (κ1) is 16.2. The molecule has 3 rings (SSSR count). The van der Waals surface area contributed by atoms with Gasteiger partial charge in [0, 0.05) is 0 Å². The van der Waals surface area contributed by atoms with Gasteiger partial charge in [0.2, 0.25) is 0 Å². The summed E-state index contributed by atoms with van der Waals surface area (Å²) in [6, 6.07) is 14.3. The molecule has 0 amide bonds. The van der Waals surface area contributed by atoms with Crippen LogP contribution in [0.1, 0.15) is 17.9 Å². The molecule has 0 aliphatic rings. The van der Waals surface area contributed by atoms with E-state index in [1.165, 1.54) is 6.08 Å². The molecule has 0 N–H and O–H groups in total. The lowest BCUT2D eigenvalue weighted by Crippen LogP contribution is -2.10. The largest absolute Gasteiger partial charge is 0.493 e. The Morgan fingerprint density at radius 3 is 2.62 bits per heavy atom. The fourth-order valence-electron chi connectivity index (χ4n) is 2.20. The Labute approximate surface area is 138 Å². The van der Waals surface area contributed by atoms with Gasteiger partial charge in [0.1, 0.15) is 11.3 Å². The van der Waals surface area contributed by atoms with Crippen molar-refractivity contribution in [2.24, 2.45) is 0 Å². The lowest BCUT2D eigenvalue weighted by atomic mass is 10.2. The summed E-state index contributed by atoms with van der Waals surface area (Å²) < 4.78 is 38.8. The van der Waals surface area contributed by atoms with Gasteiger partial charge in [0.15, 0.2) is 5.58 Å². The summed E-state index contributed by atoms with van der Waals surface area (Å²) >= 11 is 0. The van der Waals surface area contributed by atoms with E-state index in [0.29, 0.717) is 24.1 Å². The van der Waals surface area contributed by atoms with E-state index in [1.54, 1.807) is 24.3 Å². The van der Waals surface area contributed by atoms with Crippen LogP contribution in [0.4, 0.5) is 8.78 Å². The van der Waals surface area contributed by atoms with E-state index in [2.05, 4.69) is 4.98 Å². The summed E-state index contributed by atoms with van der Waals surface area (Å²) in [7, 11) is 0. The van der Waals surface area contributed by atoms with Gasteiger partial charge in [-0.25, -0.2) is 4.98 Å². The zero-order valence-corrected chi connectivity index (χ0v) is 13.2. The van der Waals surface area contributed by atoms with Crippen LogP contribution >= 0.6 is 0 Å². The molecular weight excluding hydrogens is 312 g/mol. The Kier molecular flexibility index (Phi) is 4.60. The van der Waals surface area contributed by atoms with Crippen molar-refractivity contribution in [3.8, 4) is 5.75 Å². The number of halogens is 2. The number of aromatic nitrogens is 1. The van der Waals surface area contributed by atoms with Crippen LogP contribution in [0.15, 0.2) is 65.1 Å². The van der Waals surface area contributed by atoms with E-state index < -0.39 is 11.8 Å². The van der Waals surface area contributed by atoms with Crippen LogP contribution in [0, 0.1) is 6.92 Å².